The Bertz CT molecular complexity index is 1090. The number of hydrogen-bond acceptors (Lipinski definition) is 5. The fourth-order valence-electron chi connectivity index (χ4n) is 4.31. The first-order chi connectivity index (χ1) is 15.7. The number of fused-ring (bicyclic) bond motifs is 1. The van der Waals surface area contributed by atoms with Crippen molar-refractivity contribution in [2.24, 2.45) is 0 Å². The minimum Gasteiger partial charge on any atom is -0.462 e. The van der Waals surface area contributed by atoms with Gasteiger partial charge in [-0.3, -0.25) is 0 Å². The molecule has 8 nitrogen and oxygen atoms in total. The molecule has 1 aromatic carbocycles. The largest absolute Gasteiger partial charge is 0.462 e. The van der Waals surface area contributed by atoms with E-state index in [1.807, 2.05) is 12.1 Å². The third-order valence-electron chi connectivity index (χ3n) is 5.77. The van der Waals surface area contributed by atoms with Crippen molar-refractivity contribution in [3.63, 3.8) is 0 Å². The van der Waals surface area contributed by atoms with Crippen LogP contribution in [0.15, 0.2) is 42.6 Å². The molecule has 0 radical (unpaired) electrons. The molecule has 168 valence electrons. The summed E-state index contributed by atoms with van der Waals surface area (Å²) in [5.74, 6) is 0.481. The number of ether oxygens (including phenoxy) is 1. The Morgan fingerprint density at radius 1 is 1.12 bits per heavy atom. The zero-order valence-electron chi connectivity index (χ0n) is 18.3. The first-order valence-corrected chi connectivity index (χ1v) is 11.3. The highest BCUT2D eigenvalue weighted by atomic mass is 16.5. The predicted molar refractivity (Wildman–Crippen MR) is 123 cm³/mol. The number of imidazole rings is 1. The molecule has 1 aliphatic carbocycles. The van der Waals surface area contributed by atoms with E-state index in [-0.39, 0.29) is 12.6 Å². The van der Waals surface area contributed by atoms with E-state index in [1.165, 1.54) is 19.3 Å². The van der Waals surface area contributed by atoms with Gasteiger partial charge in [-0.2, -0.15) is 0 Å². The van der Waals surface area contributed by atoms with Crippen molar-refractivity contribution in [2.75, 3.05) is 18.5 Å². The van der Waals surface area contributed by atoms with E-state index in [0.717, 1.165) is 29.8 Å². The number of carbonyl (C=O) groups excluding carboxylic acids is 2. The number of pyridine rings is 1. The summed E-state index contributed by atoms with van der Waals surface area (Å²) in [5.41, 5.74) is 2.56. The molecule has 2 aromatic heterocycles. The first kappa shape index (κ1) is 21.8. The zero-order chi connectivity index (χ0) is 22.3. The van der Waals surface area contributed by atoms with Crippen molar-refractivity contribution in [2.45, 2.75) is 51.5 Å². The minimum absolute atomic E-state index is 0.274. The third-order valence-corrected chi connectivity index (χ3v) is 5.77. The van der Waals surface area contributed by atoms with Crippen molar-refractivity contribution >= 4 is 28.9 Å². The van der Waals surface area contributed by atoms with Crippen LogP contribution in [-0.2, 0) is 11.2 Å². The Labute approximate surface area is 187 Å². The summed E-state index contributed by atoms with van der Waals surface area (Å²) in [6, 6.07) is 10.7. The van der Waals surface area contributed by atoms with Gasteiger partial charge in [0.25, 0.3) is 0 Å². The van der Waals surface area contributed by atoms with E-state index < -0.39 is 5.97 Å². The van der Waals surface area contributed by atoms with E-state index in [9.17, 15) is 9.59 Å². The molecule has 0 aliphatic heterocycles. The molecule has 3 aromatic rings. The second kappa shape index (κ2) is 10.3. The summed E-state index contributed by atoms with van der Waals surface area (Å²) >= 11 is 0. The van der Waals surface area contributed by atoms with Crippen LogP contribution in [0.4, 0.5) is 10.5 Å². The van der Waals surface area contributed by atoms with Gasteiger partial charge in [0.05, 0.1) is 17.9 Å². The molecule has 0 atom stereocenters. The van der Waals surface area contributed by atoms with E-state index in [0.29, 0.717) is 30.3 Å². The third kappa shape index (κ3) is 4.90. The maximum atomic E-state index is 12.5. The van der Waals surface area contributed by atoms with Crippen LogP contribution in [0.2, 0.25) is 0 Å². The maximum Gasteiger partial charge on any atom is 0.340 e. The molecule has 32 heavy (non-hydrogen) atoms. The summed E-state index contributed by atoms with van der Waals surface area (Å²) in [4.78, 5) is 34.0. The van der Waals surface area contributed by atoms with Crippen LogP contribution in [-0.4, -0.2) is 39.7 Å². The molecule has 2 amide bonds. The fourth-order valence-corrected chi connectivity index (χ4v) is 4.31. The van der Waals surface area contributed by atoms with E-state index in [1.54, 1.807) is 37.4 Å². The van der Waals surface area contributed by atoms with Crippen molar-refractivity contribution in [1.82, 2.24) is 19.9 Å². The molecule has 1 aliphatic rings. The molecule has 0 spiro atoms. The Morgan fingerprint density at radius 2 is 1.94 bits per heavy atom. The van der Waals surface area contributed by atoms with Crippen LogP contribution in [0.3, 0.4) is 0 Å². The van der Waals surface area contributed by atoms with Gasteiger partial charge in [-0.1, -0.05) is 31.4 Å². The standard InChI is InChI=1S/C24H29N5O3/c1-2-32-23(30)18-11-6-7-12-19(18)28-24(31)26-16-14-21-27-20-13-8-15-25-22(20)29(21)17-9-4-3-5-10-17/h6-8,11-13,15,17H,2-5,9-10,14,16H2,1H3,(H2,26,28,31). The Kier molecular flexibility index (Phi) is 6.99. The van der Waals surface area contributed by atoms with Gasteiger partial charge in [0.2, 0.25) is 0 Å². The summed E-state index contributed by atoms with van der Waals surface area (Å²) in [5, 5.41) is 5.63. The number of benzene rings is 1. The van der Waals surface area contributed by atoms with Crippen molar-refractivity contribution in [3.8, 4) is 0 Å². The fraction of sp³-hybridized carbons (Fsp3) is 0.417. The molecule has 0 saturated heterocycles. The van der Waals surface area contributed by atoms with Gasteiger partial charge in [-0.05, 0) is 44.0 Å². The van der Waals surface area contributed by atoms with Crippen LogP contribution >= 0.6 is 0 Å². The number of para-hydroxylation sites is 1. The Hall–Kier alpha value is -3.42. The number of anilines is 1. The lowest BCUT2D eigenvalue weighted by atomic mass is 9.95. The number of urea groups is 1. The summed E-state index contributed by atoms with van der Waals surface area (Å²) in [6.45, 7) is 2.44. The summed E-state index contributed by atoms with van der Waals surface area (Å²) in [6.07, 6.45) is 8.38. The van der Waals surface area contributed by atoms with Gasteiger partial charge in [-0.25, -0.2) is 19.6 Å². The molecule has 2 heterocycles. The van der Waals surface area contributed by atoms with Gasteiger partial charge < -0.3 is 19.9 Å². The quantitative estimate of drug-likeness (QED) is 0.533. The predicted octanol–water partition coefficient (Wildman–Crippen LogP) is 4.48. The van der Waals surface area contributed by atoms with Gasteiger partial charge in [0.1, 0.15) is 11.3 Å². The monoisotopic (exact) mass is 435 g/mol. The second-order valence-electron chi connectivity index (χ2n) is 7.93. The second-order valence-corrected chi connectivity index (χ2v) is 7.93. The molecule has 0 unspecified atom stereocenters. The lowest BCUT2D eigenvalue weighted by Crippen LogP contribution is -2.31. The summed E-state index contributed by atoms with van der Waals surface area (Å²) in [7, 11) is 0. The highest BCUT2D eigenvalue weighted by Gasteiger charge is 2.22. The number of rotatable bonds is 7. The molecule has 4 rings (SSSR count). The lowest BCUT2D eigenvalue weighted by Gasteiger charge is -2.25. The molecular formula is C24H29N5O3. The van der Waals surface area contributed by atoms with Crippen molar-refractivity contribution in [1.29, 1.82) is 0 Å². The molecule has 8 heteroatoms. The zero-order valence-corrected chi connectivity index (χ0v) is 18.3. The average molecular weight is 436 g/mol. The number of nitrogens with one attached hydrogen (secondary N) is 2. The van der Waals surface area contributed by atoms with Crippen LogP contribution < -0.4 is 10.6 Å². The molecule has 1 saturated carbocycles. The van der Waals surface area contributed by atoms with Crippen LogP contribution in [0, 0.1) is 0 Å². The number of aromatic nitrogens is 3. The van der Waals surface area contributed by atoms with Crippen LogP contribution in [0.1, 0.15) is 61.3 Å². The normalized spacial score (nSPS) is 14.3. The number of carbonyl (C=O) groups is 2. The number of nitrogens with zero attached hydrogens (tertiary/aromatic N) is 3. The topological polar surface area (TPSA) is 98.1 Å². The van der Waals surface area contributed by atoms with Crippen molar-refractivity contribution in [3.05, 3.63) is 54.0 Å². The molecule has 0 bridgehead atoms. The molecule has 2 N–H and O–H groups in total. The lowest BCUT2D eigenvalue weighted by molar-refractivity contribution is 0.0527. The smallest absolute Gasteiger partial charge is 0.340 e. The molecular weight excluding hydrogens is 406 g/mol. The highest BCUT2D eigenvalue weighted by molar-refractivity contribution is 6.00. The summed E-state index contributed by atoms with van der Waals surface area (Å²) < 4.78 is 7.33. The number of esters is 1. The van der Waals surface area contributed by atoms with Gasteiger partial charge in [0, 0.05) is 25.2 Å². The molecule has 1 fully saturated rings. The SMILES string of the molecule is CCOC(=O)c1ccccc1NC(=O)NCCc1nc2cccnc2n1C1CCCCC1. The van der Waals surface area contributed by atoms with Crippen LogP contribution in [0.5, 0.6) is 0 Å². The Balaban J connectivity index is 1.42. The maximum absolute atomic E-state index is 12.5. The van der Waals surface area contributed by atoms with Gasteiger partial charge in [0.15, 0.2) is 5.65 Å². The van der Waals surface area contributed by atoms with E-state index >= 15 is 0 Å². The van der Waals surface area contributed by atoms with E-state index in [4.69, 9.17) is 9.72 Å². The van der Waals surface area contributed by atoms with Crippen molar-refractivity contribution < 1.29 is 14.3 Å². The first-order valence-electron chi connectivity index (χ1n) is 11.3. The van der Waals surface area contributed by atoms with Gasteiger partial charge in [-0.15, -0.1) is 0 Å². The van der Waals surface area contributed by atoms with E-state index in [2.05, 4.69) is 20.2 Å². The van der Waals surface area contributed by atoms with Gasteiger partial charge >= 0.3 is 12.0 Å². The number of amides is 2. The number of hydrogen-bond donors (Lipinski definition) is 2. The highest BCUT2D eigenvalue weighted by Crippen LogP contribution is 2.31. The Morgan fingerprint density at radius 3 is 2.75 bits per heavy atom. The van der Waals surface area contributed by atoms with Crippen LogP contribution in [0.25, 0.3) is 11.2 Å². The average Bonchev–Trinajstić information content (AvgIpc) is 3.18. The minimum atomic E-state index is -0.461.